The molecule has 4 nitrogen and oxygen atoms in total. The molecule has 2 atom stereocenters. The Morgan fingerprint density at radius 1 is 1.42 bits per heavy atom. The van der Waals surface area contributed by atoms with Gasteiger partial charge in [0.2, 0.25) is 0 Å². The van der Waals surface area contributed by atoms with Crippen LogP contribution in [0.25, 0.3) is 0 Å². The summed E-state index contributed by atoms with van der Waals surface area (Å²) in [6.07, 6.45) is 4.33. The van der Waals surface area contributed by atoms with Gasteiger partial charge in [-0.25, -0.2) is 8.42 Å². The second-order valence-corrected chi connectivity index (χ2v) is 8.42. The minimum absolute atomic E-state index is 0.0958. The minimum atomic E-state index is -3.42. The van der Waals surface area contributed by atoms with Crippen molar-refractivity contribution in [1.29, 1.82) is 0 Å². The molecule has 1 N–H and O–H groups in total. The van der Waals surface area contributed by atoms with Crippen molar-refractivity contribution in [2.45, 2.75) is 49.5 Å². The summed E-state index contributed by atoms with van der Waals surface area (Å²) in [6, 6.07) is 1.67. The Labute approximate surface area is 119 Å². The maximum Gasteiger partial charge on any atom is 0.252 e. The van der Waals surface area contributed by atoms with Crippen LogP contribution in [0, 0.1) is 5.92 Å². The molecule has 6 heteroatoms. The molecule has 0 aliphatic heterocycles. The van der Waals surface area contributed by atoms with Crippen molar-refractivity contribution < 1.29 is 13.5 Å². The molecule has 1 aromatic heterocycles. The molecule has 1 aliphatic carbocycles. The molecule has 1 heterocycles. The average Bonchev–Trinajstić information content (AvgIpc) is 2.88. The largest absolute Gasteiger partial charge is 0.392 e. The molecular weight excluding hydrogens is 282 g/mol. The lowest BCUT2D eigenvalue weighted by Crippen LogP contribution is -2.42. The van der Waals surface area contributed by atoms with Gasteiger partial charge in [-0.15, -0.1) is 11.3 Å². The van der Waals surface area contributed by atoms with Crippen molar-refractivity contribution in [3.05, 3.63) is 17.0 Å². The van der Waals surface area contributed by atoms with Crippen LogP contribution in [-0.2, 0) is 16.6 Å². The van der Waals surface area contributed by atoms with E-state index >= 15 is 0 Å². The van der Waals surface area contributed by atoms with Crippen LogP contribution in [0.3, 0.4) is 0 Å². The molecule has 2 rings (SSSR count). The smallest absolute Gasteiger partial charge is 0.252 e. The van der Waals surface area contributed by atoms with Crippen LogP contribution in [0.15, 0.2) is 15.7 Å². The highest BCUT2D eigenvalue weighted by Gasteiger charge is 2.33. The fraction of sp³-hybridized carbons (Fsp3) is 0.692. The van der Waals surface area contributed by atoms with Crippen LogP contribution in [-0.4, -0.2) is 30.9 Å². The molecule has 19 heavy (non-hydrogen) atoms. The zero-order valence-electron chi connectivity index (χ0n) is 11.4. The van der Waals surface area contributed by atoms with Crippen molar-refractivity contribution in [3.8, 4) is 0 Å². The van der Waals surface area contributed by atoms with Gasteiger partial charge in [-0.2, -0.15) is 4.31 Å². The molecule has 0 radical (unpaired) electrons. The van der Waals surface area contributed by atoms with Crippen LogP contribution in [0.4, 0.5) is 0 Å². The number of aliphatic hydroxyl groups is 1. The third kappa shape index (κ3) is 3.02. The van der Waals surface area contributed by atoms with Crippen LogP contribution < -0.4 is 0 Å². The van der Waals surface area contributed by atoms with E-state index in [1.165, 1.54) is 22.1 Å². The van der Waals surface area contributed by atoms with E-state index in [0.29, 0.717) is 15.7 Å². The molecule has 1 saturated carbocycles. The zero-order chi connectivity index (χ0) is 14.0. The monoisotopic (exact) mass is 303 g/mol. The van der Waals surface area contributed by atoms with Gasteiger partial charge >= 0.3 is 0 Å². The number of sulfonamides is 1. The first-order valence-corrected chi connectivity index (χ1v) is 8.95. The summed E-state index contributed by atoms with van der Waals surface area (Å²) in [5.74, 6) is 0.408. The predicted molar refractivity (Wildman–Crippen MR) is 76.6 cm³/mol. The highest BCUT2D eigenvalue weighted by atomic mass is 32.2. The summed E-state index contributed by atoms with van der Waals surface area (Å²) in [5.41, 5.74) is 0.661. The molecule has 0 aromatic carbocycles. The van der Waals surface area contributed by atoms with Gasteiger partial charge in [0.05, 0.1) is 6.61 Å². The van der Waals surface area contributed by atoms with E-state index in [-0.39, 0.29) is 12.6 Å². The number of nitrogens with zero attached hydrogens (tertiary/aromatic N) is 1. The second-order valence-electron chi connectivity index (χ2n) is 5.28. The minimum Gasteiger partial charge on any atom is -0.392 e. The lowest BCUT2D eigenvalue weighted by Gasteiger charge is -2.35. The van der Waals surface area contributed by atoms with Crippen molar-refractivity contribution >= 4 is 21.4 Å². The topological polar surface area (TPSA) is 57.6 Å². The fourth-order valence-corrected chi connectivity index (χ4v) is 5.60. The first-order valence-electron chi connectivity index (χ1n) is 6.63. The standard InChI is InChI=1S/C13H21NO3S2/c1-10-5-3-4-6-12(10)14(2)19(16,17)13-7-11(8-15)9-18-13/h7,9-10,12,15H,3-6,8H2,1-2H3. The first kappa shape index (κ1) is 15.0. The summed E-state index contributed by atoms with van der Waals surface area (Å²) in [4.78, 5) is 0. The normalized spacial score (nSPS) is 24.8. The Bertz CT molecular complexity index is 524. The fourth-order valence-electron chi connectivity index (χ4n) is 2.73. The Kier molecular flexibility index (Phi) is 4.66. The van der Waals surface area contributed by atoms with Crippen LogP contribution in [0.5, 0.6) is 0 Å². The molecule has 2 unspecified atom stereocenters. The third-order valence-corrected chi connectivity index (χ3v) is 7.33. The van der Waals surface area contributed by atoms with Gasteiger partial charge in [-0.05, 0) is 35.8 Å². The van der Waals surface area contributed by atoms with Gasteiger partial charge in [0.1, 0.15) is 4.21 Å². The van der Waals surface area contributed by atoms with Crippen LogP contribution in [0.1, 0.15) is 38.2 Å². The lowest BCUT2D eigenvalue weighted by molar-refractivity contribution is 0.213. The molecule has 0 amide bonds. The van der Waals surface area contributed by atoms with Gasteiger partial charge in [0.15, 0.2) is 0 Å². The molecule has 0 saturated heterocycles. The summed E-state index contributed by atoms with van der Waals surface area (Å²) in [6.45, 7) is 2.01. The van der Waals surface area contributed by atoms with E-state index in [2.05, 4.69) is 6.92 Å². The number of thiophene rings is 1. The van der Waals surface area contributed by atoms with E-state index in [4.69, 9.17) is 5.11 Å². The van der Waals surface area contributed by atoms with Crippen molar-refractivity contribution in [1.82, 2.24) is 4.31 Å². The number of aliphatic hydroxyl groups excluding tert-OH is 1. The number of rotatable bonds is 4. The van der Waals surface area contributed by atoms with E-state index in [9.17, 15) is 8.42 Å². The van der Waals surface area contributed by atoms with Crippen LogP contribution >= 0.6 is 11.3 Å². The van der Waals surface area contributed by atoms with Crippen LogP contribution in [0.2, 0.25) is 0 Å². The number of hydrogen-bond acceptors (Lipinski definition) is 4. The van der Waals surface area contributed by atoms with Gasteiger partial charge in [-0.3, -0.25) is 0 Å². The summed E-state index contributed by atoms with van der Waals surface area (Å²) in [7, 11) is -1.74. The molecule has 0 spiro atoms. The SMILES string of the molecule is CC1CCCCC1N(C)S(=O)(=O)c1cc(CO)cs1. The number of hydrogen-bond donors (Lipinski definition) is 1. The van der Waals surface area contributed by atoms with Gasteiger partial charge in [-0.1, -0.05) is 19.8 Å². The molecule has 1 aromatic rings. The predicted octanol–water partition coefficient (Wildman–Crippen LogP) is 2.44. The van der Waals surface area contributed by atoms with Gasteiger partial charge in [0, 0.05) is 13.1 Å². The molecule has 0 bridgehead atoms. The molecular formula is C13H21NO3S2. The first-order chi connectivity index (χ1) is 8.96. The van der Waals surface area contributed by atoms with E-state index in [1.54, 1.807) is 18.5 Å². The Balaban J connectivity index is 2.23. The lowest BCUT2D eigenvalue weighted by atomic mass is 9.86. The highest BCUT2D eigenvalue weighted by Crippen LogP contribution is 2.32. The molecule has 1 fully saturated rings. The zero-order valence-corrected chi connectivity index (χ0v) is 13.0. The van der Waals surface area contributed by atoms with E-state index in [1.807, 2.05) is 0 Å². The van der Waals surface area contributed by atoms with Crippen molar-refractivity contribution in [3.63, 3.8) is 0 Å². The van der Waals surface area contributed by atoms with Crippen molar-refractivity contribution in [2.24, 2.45) is 5.92 Å². The quantitative estimate of drug-likeness (QED) is 0.929. The summed E-state index contributed by atoms with van der Waals surface area (Å²) in [5, 5.41) is 10.7. The Morgan fingerprint density at radius 2 is 2.11 bits per heavy atom. The maximum absolute atomic E-state index is 12.6. The van der Waals surface area contributed by atoms with Crippen molar-refractivity contribution in [2.75, 3.05) is 7.05 Å². The maximum atomic E-state index is 12.6. The molecule has 108 valence electrons. The third-order valence-electron chi connectivity index (χ3n) is 3.98. The van der Waals surface area contributed by atoms with Gasteiger partial charge in [0.25, 0.3) is 10.0 Å². The highest BCUT2D eigenvalue weighted by molar-refractivity contribution is 7.91. The molecule has 1 aliphatic rings. The van der Waals surface area contributed by atoms with E-state index < -0.39 is 10.0 Å². The average molecular weight is 303 g/mol. The summed E-state index contributed by atoms with van der Waals surface area (Å²) >= 11 is 1.18. The van der Waals surface area contributed by atoms with Gasteiger partial charge < -0.3 is 5.11 Å². The Morgan fingerprint density at radius 3 is 2.68 bits per heavy atom. The Hall–Kier alpha value is -0.430. The summed E-state index contributed by atoms with van der Waals surface area (Å²) < 4.78 is 27.0. The van der Waals surface area contributed by atoms with E-state index in [0.717, 1.165) is 19.3 Å². The second kappa shape index (κ2) is 5.91.